The lowest BCUT2D eigenvalue weighted by atomic mass is 10.1. The Hall–Kier alpha value is -1.59. The van der Waals surface area contributed by atoms with Crippen molar-refractivity contribution in [2.75, 3.05) is 6.61 Å². The second-order valence-electron chi connectivity index (χ2n) is 3.10. The Morgan fingerprint density at radius 3 is 2.80 bits per heavy atom. The predicted octanol–water partition coefficient (Wildman–Crippen LogP) is 2.07. The van der Waals surface area contributed by atoms with Crippen LogP contribution in [0.25, 0.3) is 0 Å². The summed E-state index contributed by atoms with van der Waals surface area (Å²) >= 11 is 0. The van der Waals surface area contributed by atoms with Gasteiger partial charge in [-0.25, -0.2) is 4.98 Å². The summed E-state index contributed by atoms with van der Waals surface area (Å²) in [7, 11) is 0. The molecule has 0 amide bonds. The Kier molecular flexibility index (Phi) is 2.13. The van der Waals surface area contributed by atoms with E-state index in [1.54, 1.807) is 0 Å². The van der Waals surface area contributed by atoms with Crippen LogP contribution >= 0.6 is 0 Å². The van der Waals surface area contributed by atoms with Crippen LogP contribution in [-0.2, 0) is 6.18 Å². The first kappa shape index (κ1) is 9.95. The zero-order chi connectivity index (χ0) is 11.1. The van der Waals surface area contributed by atoms with Crippen LogP contribution in [0.4, 0.5) is 13.2 Å². The fourth-order valence-electron chi connectivity index (χ4n) is 1.30. The topological polar surface area (TPSA) is 39.2 Å². The zero-order valence-electron chi connectivity index (χ0n) is 7.47. The van der Waals surface area contributed by atoms with E-state index in [4.69, 9.17) is 4.74 Å². The summed E-state index contributed by atoms with van der Waals surface area (Å²) in [5, 5.41) is 0. The molecule has 2 rings (SSSR count). The molecule has 1 aromatic rings. The molecule has 0 N–H and O–H groups in total. The molecule has 0 unspecified atom stereocenters. The third-order valence-electron chi connectivity index (χ3n) is 2.05. The maximum absolute atomic E-state index is 12.3. The zero-order valence-corrected chi connectivity index (χ0v) is 7.47. The number of ketones is 1. The molecule has 0 saturated heterocycles. The van der Waals surface area contributed by atoms with Crippen molar-refractivity contribution in [2.45, 2.75) is 12.6 Å². The molecule has 0 saturated carbocycles. The highest BCUT2D eigenvalue weighted by Gasteiger charge is 2.33. The van der Waals surface area contributed by atoms with Crippen LogP contribution in [0.1, 0.15) is 22.3 Å². The summed E-state index contributed by atoms with van der Waals surface area (Å²) in [5.74, 6) is -0.380. The molecular formula is C9H6F3NO2. The van der Waals surface area contributed by atoms with Crippen LogP contribution in [0.15, 0.2) is 12.3 Å². The molecule has 2 heterocycles. The van der Waals surface area contributed by atoms with Crippen molar-refractivity contribution in [3.63, 3.8) is 0 Å². The van der Waals surface area contributed by atoms with Gasteiger partial charge in [-0.1, -0.05) is 0 Å². The van der Waals surface area contributed by atoms with Gasteiger partial charge in [0, 0.05) is 12.6 Å². The quantitative estimate of drug-likeness (QED) is 0.667. The van der Waals surface area contributed by atoms with E-state index < -0.39 is 11.7 Å². The van der Waals surface area contributed by atoms with E-state index in [-0.39, 0.29) is 30.3 Å². The third kappa shape index (κ3) is 1.79. The number of ether oxygens (including phenoxy) is 1. The summed E-state index contributed by atoms with van der Waals surface area (Å²) in [6, 6.07) is 0.782. The average Bonchev–Trinajstić information content (AvgIpc) is 2.16. The Morgan fingerprint density at radius 2 is 2.13 bits per heavy atom. The van der Waals surface area contributed by atoms with Crippen molar-refractivity contribution in [2.24, 2.45) is 0 Å². The average molecular weight is 217 g/mol. The SMILES string of the molecule is O=C1CCOc2ncc(C(F)(F)F)cc21. The summed E-state index contributed by atoms with van der Waals surface area (Å²) in [6.07, 6.45) is -3.73. The molecule has 0 bridgehead atoms. The fourth-order valence-corrected chi connectivity index (χ4v) is 1.30. The molecule has 1 aliphatic heterocycles. The molecule has 0 radical (unpaired) electrons. The van der Waals surface area contributed by atoms with Gasteiger partial charge in [0.05, 0.1) is 17.7 Å². The van der Waals surface area contributed by atoms with Gasteiger partial charge in [-0.3, -0.25) is 4.79 Å². The molecule has 0 atom stereocenters. The molecule has 3 nitrogen and oxygen atoms in total. The molecule has 1 aliphatic rings. The third-order valence-corrected chi connectivity index (χ3v) is 2.05. The number of hydrogen-bond donors (Lipinski definition) is 0. The number of Topliss-reactive ketones (excluding diaryl/α,β-unsaturated/α-hetero) is 1. The van der Waals surface area contributed by atoms with Crippen molar-refractivity contribution >= 4 is 5.78 Å². The highest BCUT2D eigenvalue weighted by Crippen LogP contribution is 2.32. The highest BCUT2D eigenvalue weighted by atomic mass is 19.4. The number of alkyl halides is 3. The van der Waals surface area contributed by atoms with E-state index in [9.17, 15) is 18.0 Å². The van der Waals surface area contributed by atoms with Gasteiger partial charge in [0.2, 0.25) is 5.88 Å². The number of rotatable bonds is 0. The summed E-state index contributed by atoms with van der Waals surface area (Å²) in [4.78, 5) is 14.8. The maximum Gasteiger partial charge on any atom is 0.417 e. The number of nitrogens with zero attached hydrogens (tertiary/aromatic N) is 1. The van der Waals surface area contributed by atoms with Crippen molar-refractivity contribution in [1.82, 2.24) is 4.98 Å². The Bertz CT molecular complexity index is 414. The molecule has 0 aromatic carbocycles. The van der Waals surface area contributed by atoms with Gasteiger partial charge in [0.1, 0.15) is 0 Å². The van der Waals surface area contributed by atoms with Gasteiger partial charge in [-0.05, 0) is 6.07 Å². The molecule has 15 heavy (non-hydrogen) atoms. The summed E-state index contributed by atoms with van der Waals surface area (Å²) in [5.41, 5.74) is -1.02. The molecule has 80 valence electrons. The Balaban J connectivity index is 2.49. The maximum atomic E-state index is 12.3. The second-order valence-corrected chi connectivity index (χ2v) is 3.10. The number of carbonyl (C=O) groups is 1. The number of aromatic nitrogens is 1. The van der Waals surface area contributed by atoms with Gasteiger partial charge in [-0.2, -0.15) is 13.2 Å². The lowest BCUT2D eigenvalue weighted by Crippen LogP contribution is -2.18. The van der Waals surface area contributed by atoms with Crippen molar-refractivity contribution in [1.29, 1.82) is 0 Å². The molecule has 0 spiro atoms. The largest absolute Gasteiger partial charge is 0.477 e. The van der Waals surface area contributed by atoms with Crippen molar-refractivity contribution < 1.29 is 22.7 Å². The second kappa shape index (κ2) is 3.22. The highest BCUT2D eigenvalue weighted by molar-refractivity contribution is 5.99. The van der Waals surface area contributed by atoms with Gasteiger partial charge in [-0.15, -0.1) is 0 Å². The normalized spacial score (nSPS) is 15.8. The molecule has 0 aliphatic carbocycles. The minimum atomic E-state index is -4.49. The lowest BCUT2D eigenvalue weighted by molar-refractivity contribution is -0.137. The van der Waals surface area contributed by atoms with E-state index in [1.165, 1.54) is 0 Å². The number of halogens is 3. The first-order chi connectivity index (χ1) is 6.98. The van der Waals surface area contributed by atoms with E-state index in [0.717, 1.165) is 6.07 Å². The minimum absolute atomic E-state index is 0.0146. The van der Waals surface area contributed by atoms with Gasteiger partial charge in [0.15, 0.2) is 5.78 Å². The van der Waals surface area contributed by atoms with E-state index in [0.29, 0.717) is 6.20 Å². The Labute approximate surface area is 82.9 Å². The van der Waals surface area contributed by atoms with E-state index in [2.05, 4.69) is 4.98 Å². The van der Waals surface area contributed by atoms with E-state index >= 15 is 0 Å². The van der Waals surface area contributed by atoms with Crippen LogP contribution in [0.3, 0.4) is 0 Å². The first-order valence-corrected chi connectivity index (χ1v) is 4.22. The van der Waals surface area contributed by atoms with Gasteiger partial charge < -0.3 is 4.74 Å². The molecular weight excluding hydrogens is 211 g/mol. The summed E-state index contributed by atoms with van der Waals surface area (Å²) < 4.78 is 41.8. The summed E-state index contributed by atoms with van der Waals surface area (Å²) in [6.45, 7) is 0.171. The standard InChI is InChI=1S/C9H6F3NO2/c10-9(11,12)5-3-6-7(14)1-2-15-8(6)13-4-5/h3-4H,1-2H2. The van der Waals surface area contributed by atoms with Crippen molar-refractivity contribution in [3.05, 3.63) is 23.4 Å². The minimum Gasteiger partial charge on any atom is -0.477 e. The van der Waals surface area contributed by atoms with Crippen LogP contribution in [0, 0.1) is 0 Å². The smallest absolute Gasteiger partial charge is 0.417 e. The van der Waals surface area contributed by atoms with E-state index in [1.807, 2.05) is 0 Å². The fraction of sp³-hybridized carbons (Fsp3) is 0.333. The van der Waals surface area contributed by atoms with Crippen LogP contribution < -0.4 is 4.74 Å². The van der Waals surface area contributed by atoms with Gasteiger partial charge >= 0.3 is 6.18 Å². The molecule has 6 heteroatoms. The number of hydrogen-bond acceptors (Lipinski definition) is 3. The first-order valence-electron chi connectivity index (χ1n) is 4.22. The monoisotopic (exact) mass is 217 g/mol. The Morgan fingerprint density at radius 1 is 1.40 bits per heavy atom. The van der Waals surface area contributed by atoms with Gasteiger partial charge in [0.25, 0.3) is 0 Å². The van der Waals surface area contributed by atoms with Crippen molar-refractivity contribution in [3.8, 4) is 5.88 Å². The van der Waals surface area contributed by atoms with Crippen LogP contribution in [-0.4, -0.2) is 17.4 Å². The molecule has 0 fully saturated rings. The van der Waals surface area contributed by atoms with Crippen LogP contribution in [0.5, 0.6) is 5.88 Å². The molecule has 1 aromatic heterocycles. The number of pyridine rings is 1. The number of carbonyl (C=O) groups excluding carboxylic acids is 1. The predicted molar refractivity (Wildman–Crippen MR) is 43.7 cm³/mol. The number of fused-ring (bicyclic) bond motifs is 1. The lowest BCUT2D eigenvalue weighted by Gasteiger charge is -2.16. The van der Waals surface area contributed by atoms with Crippen LogP contribution in [0.2, 0.25) is 0 Å².